The molecule has 0 aromatic rings. The zero-order chi connectivity index (χ0) is 21.2. The van der Waals surface area contributed by atoms with Crippen molar-refractivity contribution in [1.29, 1.82) is 0 Å². The number of aliphatic carboxylic acids is 2. The smallest absolute Gasteiger partial charge is 0.547 e. The number of aldehydes is 2. The van der Waals surface area contributed by atoms with Gasteiger partial charge in [-0.05, 0) is 0 Å². The van der Waals surface area contributed by atoms with Gasteiger partial charge in [0.05, 0.1) is 11.9 Å². The Morgan fingerprint density at radius 2 is 0.786 bits per heavy atom. The first-order chi connectivity index (χ1) is 11.8. The van der Waals surface area contributed by atoms with Gasteiger partial charge in [-0.15, -0.1) is 0 Å². The van der Waals surface area contributed by atoms with E-state index in [-0.39, 0.29) is 71.7 Å². The molecule has 0 spiro atoms. The number of carbonyl (C=O) groups is 4. The van der Waals surface area contributed by atoms with Crippen LogP contribution in [0.25, 0.3) is 0 Å². The Morgan fingerprint density at radius 3 is 0.929 bits per heavy atom. The largest absolute Gasteiger partial charge is 1.00 e. The average Bonchev–Trinajstić information content (AvgIpc) is 2.62. The van der Waals surface area contributed by atoms with Gasteiger partial charge in [-0.2, -0.15) is 0 Å². The molecule has 28 heavy (non-hydrogen) atoms. The third-order valence-electron chi connectivity index (χ3n) is 2.81. The first-order valence-electron chi connectivity index (χ1n) is 6.60. The van der Waals surface area contributed by atoms with Gasteiger partial charge in [0.25, 0.3) is 0 Å². The predicted molar refractivity (Wildman–Crippen MR) is 70.2 cm³/mol. The van der Waals surface area contributed by atoms with E-state index >= 15 is 0 Å². The summed E-state index contributed by atoms with van der Waals surface area (Å²) in [5.74, 6) is -4.02. The molecule has 0 unspecified atom stereocenters. The molecule has 0 aliphatic carbocycles. The van der Waals surface area contributed by atoms with E-state index in [9.17, 15) is 29.4 Å². The zero-order valence-corrected chi connectivity index (χ0v) is 18.8. The van der Waals surface area contributed by atoms with Gasteiger partial charge in [0.2, 0.25) is 0 Å². The van der Waals surface area contributed by atoms with E-state index in [1.165, 1.54) is 0 Å². The molecule has 16 heteroatoms. The maximum absolute atomic E-state index is 9.95. The van der Waals surface area contributed by atoms with E-state index in [0.29, 0.717) is 0 Å². The summed E-state index contributed by atoms with van der Waals surface area (Å²) in [7, 11) is 0. The summed E-state index contributed by atoms with van der Waals surface area (Å²) in [4.78, 5) is 39.7. The fraction of sp³-hybridized carbons (Fsp3) is 0.667. The van der Waals surface area contributed by atoms with Gasteiger partial charge in [-0.25, -0.2) is 0 Å². The molecule has 0 aliphatic rings. The van der Waals surface area contributed by atoms with Crippen molar-refractivity contribution in [3.8, 4) is 0 Å². The van der Waals surface area contributed by atoms with Gasteiger partial charge in [-0.1, -0.05) is 0 Å². The topological polar surface area (TPSA) is 276 Å². The molecule has 0 bridgehead atoms. The Balaban J connectivity index is -0.000000192. The summed E-state index contributed by atoms with van der Waals surface area (Å²) >= 11 is 0. The van der Waals surface area contributed by atoms with Crippen LogP contribution in [0.2, 0.25) is 0 Å². The molecule has 0 rings (SSSR count). The van der Waals surface area contributed by atoms with Gasteiger partial charge in [0.1, 0.15) is 48.8 Å². The van der Waals surface area contributed by atoms with Gasteiger partial charge in [0, 0.05) is 0 Å². The molecule has 0 aromatic carbocycles. The van der Waals surface area contributed by atoms with Crippen LogP contribution in [0.4, 0.5) is 0 Å². The van der Waals surface area contributed by atoms with Crippen LogP contribution in [0.15, 0.2) is 0 Å². The van der Waals surface area contributed by atoms with Crippen molar-refractivity contribution < 1.29 is 129 Å². The maximum Gasteiger partial charge on any atom is 1.00 e. The zero-order valence-electron chi connectivity index (χ0n) is 14.8. The minimum Gasteiger partial charge on any atom is -0.547 e. The second-order valence-corrected chi connectivity index (χ2v) is 4.74. The van der Waals surface area contributed by atoms with Crippen molar-refractivity contribution in [2.75, 3.05) is 0 Å². The fourth-order valence-corrected chi connectivity index (χ4v) is 1.22. The molecule has 8 N–H and O–H groups in total. The third-order valence-corrected chi connectivity index (χ3v) is 2.81. The summed E-state index contributed by atoms with van der Waals surface area (Å²) in [6, 6.07) is 0. The SMILES string of the molecule is O=C[C@H](O)[C@@H](O)[C@@H](O)[C@H](O)C(=O)[O-].O=C[C@H](O)[C@@H](O)[C@@H](O)[C@H](O)C(=O)[O-].[Na+].[Na+]. The number of hydrogen-bond acceptors (Lipinski definition) is 14. The molecule has 0 heterocycles. The molecule has 0 radical (unpaired) electrons. The van der Waals surface area contributed by atoms with Gasteiger partial charge in [0.15, 0.2) is 12.6 Å². The second kappa shape index (κ2) is 17.8. The van der Waals surface area contributed by atoms with Crippen LogP contribution >= 0.6 is 0 Å². The van der Waals surface area contributed by atoms with Crippen molar-refractivity contribution >= 4 is 24.5 Å². The van der Waals surface area contributed by atoms with E-state index in [1.54, 1.807) is 0 Å². The second-order valence-electron chi connectivity index (χ2n) is 4.74. The van der Waals surface area contributed by atoms with Crippen LogP contribution in [0.3, 0.4) is 0 Å². The Labute approximate surface area is 201 Å². The Hall–Kier alpha value is -0.0400. The molecule has 0 amide bonds. The summed E-state index contributed by atoms with van der Waals surface area (Å²) in [5, 5.41) is 89.7. The van der Waals surface area contributed by atoms with Gasteiger partial charge in [-0.3, -0.25) is 0 Å². The molecular weight excluding hydrogens is 414 g/mol. The van der Waals surface area contributed by atoms with Crippen molar-refractivity contribution in [1.82, 2.24) is 0 Å². The minimum absolute atomic E-state index is 0. The van der Waals surface area contributed by atoms with Crippen molar-refractivity contribution in [2.45, 2.75) is 48.8 Å². The summed E-state index contributed by atoms with van der Waals surface area (Å²) in [6.07, 6.45) is -17.3. The Kier molecular flexibility index (Phi) is 22.5. The molecule has 0 aromatic heterocycles. The monoisotopic (exact) mass is 432 g/mol. The number of carbonyl (C=O) groups excluding carboxylic acids is 4. The standard InChI is InChI=1S/2C6H10O7.2Na/c2*7-1-2(8)3(9)4(10)5(11)6(12)13;;/h2*1-5,8-11H,(H,12,13);;/q;;2*+1/p-2/t2*2-,3+,4+,5-;;/m00../s1. The van der Waals surface area contributed by atoms with Crippen LogP contribution < -0.4 is 69.3 Å². The maximum atomic E-state index is 9.95. The molecule has 8 atom stereocenters. The fourth-order valence-electron chi connectivity index (χ4n) is 1.22. The van der Waals surface area contributed by atoms with Gasteiger partial charge < -0.3 is 70.2 Å². The van der Waals surface area contributed by atoms with Crippen molar-refractivity contribution in [3.05, 3.63) is 0 Å². The summed E-state index contributed by atoms with van der Waals surface area (Å²) in [6.45, 7) is 0. The quantitative estimate of drug-likeness (QED) is 0.118. The summed E-state index contributed by atoms with van der Waals surface area (Å²) in [5.41, 5.74) is 0. The van der Waals surface area contributed by atoms with E-state index in [0.717, 1.165) is 0 Å². The molecule has 0 fully saturated rings. The molecule has 0 saturated carbocycles. The first kappa shape index (κ1) is 35.4. The van der Waals surface area contributed by atoms with Crippen molar-refractivity contribution in [3.63, 3.8) is 0 Å². The third kappa shape index (κ3) is 12.5. The molecule has 0 saturated heterocycles. The van der Waals surface area contributed by atoms with Crippen LogP contribution in [0.1, 0.15) is 0 Å². The van der Waals surface area contributed by atoms with E-state index in [1.807, 2.05) is 0 Å². The Bertz CT molecular complexity index is 435. The molecular formula is C12H18Na2O14. The molecule has 14 nitrogen and oxygen atoms in total. The summed E-state index contributed by atoms with van der Waals surface area (Å²) < 4.78 is 0. The van der Waals surface area contributed by atoms with Crippen LogP contribution in [0.5, 0.6) is 0 Å². The first-order valence-corrected chi connectivity index (χ1v) is 6.60. The normalized spacial score (nSPS) is 18.6. The number of carboxylic acid groups (broad SMARTS) is 2. The van der Waals surface area contributed by atoms with E-state index in [4.69, 9.17) is 40.9 Å². The van der Waals surface area contributed by atoms with E-state index in [2.05, 4.69) is 0 Å². The number of aliphatic hydroxyl groups excluding tert-OH is 8. The van der Waals surface area contributed by atoms with E-state index < -0.39 is 60.8 Å². The number of carboxylic acids is 2. The van der Waals surface area contributed by atoms with Crippen LogP contribution in [-0.4, -0.2) is 114 Å². The van der Waals surface area contributed by atoms with Crippen molar-refractivity contribution in [2.24, 2.45) is 0 Å². The van der Waals surface area contributed by atoms with Gasteiger partial charge >= 0.3 is 59.1 Å². The minimum atomic E-state index is -2.36. The Morgan fingerprint density at radius 1 is 0.571 bits per heavy atom. The molecule has 152 valence electrons. The number of rotatable bonds is 10. The van der Waals surface area contributed by atoms with Crippen LogP contribution in [0, 0.1) is 0 Å². The predicted octanol–water partition coefficient (Wildman–Crippen LogP) is -15.2. The molecule has 0 aliphatic heterocycles. The number of aliphatic hydroxyl groups is 8. The average molecular weight is 432 g/mol. The van der Waals surface area contributed by atoms with Crippen LogP contribution in [-0.2, 0) is 19.2 Å². The number of hydrogen-bond donors (Lipinski definition) is 8.